The van der Waals surface area contributed by atoms with E-state index < -0.39 is 5.69 Å². The largest absolute Gasteiger partial charge is 0.487 e. The van der Waals surface area contributed by atoms with Crippen LogP contribution < -0.4 is 16.0 Å². The van der Waals surface area contributed by atoms with Gasteiger partial charge in [-0.2, -0.15) is 0 Å². The molecule has 0 fully saturated rings. The second-order valence-corrected chi connectivity index (χ2v) is 5.46. The van der Waals surface area contributed by atoms with E-state index in [4.69, 9.17) is 4.74 Å². The summed E-state index contributed by atoms with van der Waals surface area (Å²) in [5.41, 5.74) is -0.782. The van der Waals surface area contributed by atoms with Crippen LogP contribution in [0.4, 0.5) is 0 Å². The number of ether oxygens (including phenoxy) is 1. The Balaban J connectivity index is 2.74. The highest BCUT2D eigenvalue weighted by Crippen LogP contribution is 2.19. The lowest BCUT2D eigenvalue weighted by molar-refractivity contribution is 0.130. The summed E-state index contributed by atoms with van der Waals surface area (Å²) in [6.45, 7) is 5.74. The van der Waals surface area contributed by atoms with Crippen LogP contribution in [-0.2, 0) is 14.1 Å². The maximum absolute atomic E-state index is 12.1. The molecule has 0 aliphatic heterocycles. The van der Waals surface area contributed by atoms with Crippen LogP contribution in [0.3, 0.4) is 0 Å². The van der Waals surface area contributed by atoms with Gasteiger partial charge in [0.2, 0.25) is 0 Å². The van der Waals surface area contributed by atoms with E-state index in [9.17, 15) is 9.59 Å². The van der Waals surface area contributed by atoms with Crippen molar-refractivity contribution in [3.8, 4) is 5.75 Å². The molecule has 0 aromatic carbocycles. The van der Waals surface area contributed by atoms with Gasteiger partial charge in [0.25, 0.3) is 5.56 Å². The number of pyridine rings is 1. The van der Waals surface area contributed by atoms with Crippen LogP contribution in [0, 0.1) is 0 Å². The van der Waals surface area contributed by atoms with Crippen LogP contribution in [-0.4, -0.2) is 19.7 Å². The third kappa shape index (κ3) is 2.38. The van der Waals surface area contributed by atoms with Gasteiger partial charge in [0.15, 0.2) is 0 Å². The van der Waals surface area contributed by atoms with E-state index in [1.165, 1.54) is 17.8 Å². The zero-order chi connectivity index (χ0) is 14.4. The fourth-order valence-corrected chi connectivity index (χ4v) is 1.86. The van der Waals surface area contributed by atoms with Crippen LogP contribution in [0.25, 0.3) is 11.0 Å². The van der Waals surface area contributed by atoms with Crippen LogP contribution >= 0.6 is 0 Å². The number of rotatable bonds is 1. The first-order chi connectivity index (χ1) is 8.70. The smallest absolute Gasteiger partial charge is 0.332 e. The van der Waals surface area contributed by atoms with Crippen LogP contribution in [0.15, 0.2) is 21.9 Å². The van der Waals surface area contributed by atoms with Crippen molar-refractivity contribution in [2.24, 2.45) is 14.1 Å². The molecule has 2 rings (SSSR count). The summed E-state index contributed by atoms with van der Waals surface area (Å²) in [5, 5.41) is 0.367. The van der Waals surface area contributed by atoms with Gasteiger partial charge in [-0.15, -0.1) is 0 Å². The van der Waals surface area contributed by atoms with E-state index in [1.807, 2.05) is 20.8 Å². The minimum Gasteiger partial charge on any atom is -0.487 e. The first kappa shape index (κ1) is 13.3. The summed E-state index contributed by atoms with van der Waals surface area (Å²) >= 11 is 0. The lowest BCUT2D eigenvalue weighted by atomic mass is 10.2. The van der Waals surface area contributed by atoms with Gasteiger partial charge in [0, 0.05) is 14.1 Å². The standard InChI is InChI=1S/C13H17N3O3/c1-13(2,3)19-8-6-9-10(14-7-8)15(4)12(18)16(5)11(9)17/h6-7H,1-5H3. The zero-order valence-corrected chi connectivity index (χ0v) is 11.7. The van der Waals surface area contributed by atoms with E-state index in [-0.39, 0.29) is 11.2 Å². The summed E-state index contributed by atoms with van der Waals surface area (Å²) in [4.78, 5) is 28.0. The Morgan fingerprint density at radius 2 is 1.79 bits per heavy atom. The fourth-order valence-electron chi connectivity index (χ4n) is 1.86. The summed E-state index contributed by atoms with van der Waals surface area (Å²) in [7, 11) is 3.03. The first-order valence-electron chi connectivity index (χ1n) is 5.95. The molecule has 0 amide bonds. The van der Waals surface area contributed by atoms with Gasteiger partial charge in [-0.1, -0.05) is 0 Å². The Kier molecular flexibility index (Phi) is 2.96. The Morgan fingerprint density at radius 1 is 1.16 bits per heavy atom. The average molecular weight is 263 g/mol. The van der Waals surface area contributed by atoms with Crippen molar-refractivity contribution < 1.29 is 4.74 Å². The average Bonchev–Trinajstić information content (AvgIpc) is 2.31. The molecule has 0 atom stereocenters. The van der Waals surface area contributed by atoms with Gasteiger partial charge < -0.3 is 4.74 Å². The Bertz CT molecular complexity index is 751. The predicted octanol–water partition coefficient (Wildman–Crippen LogP) is 0.809. The molecule has 0 aliphatic carbocycles. The number of aromatic nitrogens is 3. The first-order valence-corrected chi connectivity index (χ1v) is 5.95. The Labute approximate surface area is 110 Å². The van der Waals surface area contributed by atoms with Crippen molar-refractivity contribution in [1.29, 1.82) is 0 Å². The maximum atomic E-state index is 12.1. The van der Waals surface area contributed by atoms with Gasteiger partial charge in [-0.05, 0) is 26.8 Å². The van der Waals surface area contributed by atoms with E-state index in [2.05, 4.69) is 4.98 Å². The van der Waals surface area contributed by atoms with Crippen LogP contribution in [0.1, 0.15) is 20.8 Å². The van der Waals surface area contributed by atoms with Gasteiger partial charge in [0.05, 0.1) is 11.6 Å². The van der Waals surface area contributed by atoms with E-state index >= 15 is 0 Å². The molecule has 2 heterocycles. The van der Waals surface area contributed by atoms with Gasteiger partial charge in [0.1, 0.15) is 17.0 Å². The van der Waals surface area contributed by atoms with Gasteiger partial charge in [-0.25, -0.2) is 9.78 Å². The molecule has 0 saturated heterocycles. The van der Waals surface area contributed by atoms with Crippen molar-refractivity contribution in [3.05, 3.63) is 33.1 Å². The third-order valence-corrected chi connectivity index (χ3v) is 2.69. The zero-order valence-electron chi connectivity index (χ0n) is 11.7. The predicted molar refractivity (Wildman–Crippen MR) is 72.6 cm³/mol. The van der Waals surface area contributed by atoms with Gasteiger partial charge in [-0.3, -0.25) is 13.9 Å². The summed E-state index contributed by atoms with van der Waals surface area (Å²) in [6.07, 6.45) is 1.52. The molecular formula is C13H17N3O3. The molecule has 0 spiro atoms. The summed E-state index contributed by atoms with van der Waals surface area (Å²) < 4.78 is 8.08. The molecule has 6 heteroatoms. The third-order valence-electron chi connectivity index (χ3n) is 2.69. The molecule has 0 aliphatic rings. The molecule has 0 N–H and O–H groups in total. The monoisotopic (exact) mass is 263 g/mol. The van der Waals surface area contributed by atoms with Crippen LogP contribution in [0.5, 0.6) is 5.75 Å². The maximum Gasteiger partial charge on any atom is 0.332 e. The number of aryl methyl sites for hydroxylation is 1. The number of hydrogen-bond donors (Lipinski definition) is 0. The molecule has 0 radical (unpaired) electrons. The van der Waals surface area contributed by atoms with E-state index in [1.54, 1.807) is 13.1 Å². The quantitative estimate of drug-likeness (QED) is 0.763. The SMILES string of the molecule is Cn1c(=O)c2cc(OC(C)(C)C)cnc2n(C)c1=O. The minimum atomic E-state index is -0.394. The van der Waals surface area contributed by atoms with Crippen molar-refractivity contribution in [3.63, 3.8) is 0 Å². The van der Waals surface area contributed by atoms with Crippen LogP contribution in [0.2, 0.25) is 0 Å². The molecule has 19 heavy (non-hydrogen) atoms. The minimum absolute atomic E-state index is 0.356. The molecule has 0 saturated carbocycles. The second kappa shape index (κ2) is 4.22. The normalized spacial score (nSPS) is 11.8. The van der Waals surface area contributed by atoms with Crippen molar-refractivity contribution >= 4 is 11.0 Å². The number of nitrogens with zero attached hydrogens (tertiary/aromatic N) is 3. The molecule has 2 aromatic rings. The van der Waals surface area contributed by atoms with E-state index in [0.29, 0.717) is 16.8 Å². The van der Waals surface area contributed by atoms with E-state index in [0.717, 1.165) is 4.57 Å². The summed E-state index contributed by atoms with van der Waals surface area (Å²) in [6, 6.07) is 1.62. The lowest BCUT2D eigenvalue weighted by Crippen LogP contribution is -2.37. The lowest BCUT2D eigenvalue weighted by Gasteiger charge is -2.21. The molecular weight excluding hydrogens is 246 g/mol. The number of fused-ring (bicyclic) bond motifs is 1. The highest BCUT2D eigenvalue weighted by atomic mass is 16.5. The van der Waals surface area contributed by atoms with Crippen molar-refractivity contribution in [1.82, 2.24) is 14.1 Å². The van der Waals surface area contributed by atoms with Crippen molar-refractivity contribution in [2.75, 3.05) is 0 Å². The molecule has 102 valence electrons. The Morgan fingerprint density at radius 3 is 2.37 bits per heavy atom. The molecule has 0 bridgehead atoms. The number of hydrogen-bond acceptors (Lipinski definition) is 4. The Hall–Kier alpha value is -2.11. The molecule has 2 aromatic heterocycles. The molecule has 0 unspecified atom stereocenters. The van der Waals surface area contributed by atoms with Crippen molar-refractivity contribution in [2.45, 2.75) is 26.4 Å². The highest BCUT2D eigenvalue weighted by Gasteiger charge is 2.15. The topological polar surface area (TPSA) is 66.1 Å². The summed E-state index contributed by atoms with van der Waals surface area (Å²) in [5.74, 6) is 0.510. The van der Waals surface area contributed by atoms with Gasteiger partial charge >= 0.3 is 5.69 Å². The second-order valence-electron chi connectivity index (χ2n) is 5.46. The fraction of sp³-hybridized carbons (Fsp3) is 0.462. The highest BCUT2D eigenvalue weighted by molar-refractivity contribution is 5.75. The molecule has 6 nitrogen and oxygen atoms in total.